The first-order valence-electron chi connectivity index (χ1n) is 5.94. The Labute approximate surface area is 130 Å². The van der Waals surface area contributed by atoms with Gasteiger partial charge in [0.1, 0.15) is 6.61 Å². The molecular formula is C14H11ClN2O3S. The van der Waals surface area contributed by atoms with Crippen molar-refractivity contribution in [3.63, 3.8) is 0 Å². The lowest BCUT2D eigenvalue weighted by atomic mass is 10.3. The maximum Gasteiger partial charge on any atom is 0.311 e. The fourth-order valence-electron chi connectivity index (χ4n) is 1.56. The largest absolute Gasteiger partial charge is 0.481 e. The summed E-state index contributed by atoms with van der Waals surface area (Å²) in [5.74, 6) is 5.83. The number of benzene rings is 1. The van der Waals surface area contributed by atoms with Crippen molar-refractivity contribution in [2.75, 3.05) is 6.54 Å². The number of hydrogen-bond donors (Lipinski definition) is 1. The zero-order chi connectivity index (χ0) is 15.2. The average molecular weight is 323 g/mol. The van der Waals surface area contributed by atoms with E-state index in [0.717, 1.165) is 9.75 Å². The van der Waals surface area contributed by atoms with E-state index in [1.54, 1.807) is 0 Å². The molecule has 0 amide bonds. The molecule has 2 rings (SSSR count). The predicted octanol–water partition coefficient (Wildman–Crippen LogP) is 3.20. The Morgan fingerprint density at radius 1 is 1.38 bits per heavy atom. The first-order valence-corrected chi connectivity index (χ1v) is 7.14. The van der Waals surface area contributed by atoms with E-state index in [-0.39, 0.29) is 18.0 Å². The second kappa shape index (κ2) is 7.09. The molecule has 0 radical (unpaired) electrons. The lowest BCUT2D eigenvalue weighted by Gasteiger charge is -2.05. The van der Waals surface area contributed by atoms with Crippen LogP contribution in [0.15, 0.2) is 30.3 Å². The van der Waals surface area contributed by atoms with Crippen molar-refractivity contribution in [3.05, 3.63) is 55.2 Å². The monoisotopic (exact) mass is 322 g/mol. The standard InChI is InChI=1S/C14H11ClN2O3S/c15-10-3-6-13(17(18)19)14(8-10)20-9-12-5-4-11(21-12)2-1-7-16/h3-6,8H,7,9,16H2. The molecule has 0 saturated carbocycles. The number of nitrogens with zero attached hydrogens (tertiary/aromatic N) is 1. The van der Waals surface area contributed by atoms with Crippen LogP contribution in [-0.2, 0) is 6.61 Å². The van der Waals surface area contributed by atoms with E-state index in [9.17, 15) is 10.1 Å². The number of rotatable bonds is 4. The third-order valence-corrected chi connectivity index (χ3v) is 3.67. The maximum atomic E-state index is 10.9. The van der Waals surface area contributed by atoms with Gasteiger partial charge in [-0.2, -0.15) is 0 Å². The smallest absolute Gasteiger partial charge is 0.311 e. The molecule has 1 heterocycles. The number of nitro benzene ring substituents is 1. The molecule has 0 aliphatic rings. The van der Waals surface area contributed by atoms with Gasteiger partial charge in [0.05, 0.1) is 16.3 Å². The van der Waals surface area contributed by atoms with Gasteiger partial charge in [0, 0.05) is 22.0 Å². The SMILES string of the molecule is NCC#Cc1ccc(COc2cc(Cl)ccc2[N+](=O)[O-])s1. The molecule has 0 atom stereocenters. The summed E-state index contributed by atoms with van der Waals surface area (Å²) in [6.45, 7) is 0.522. The van der Waals surface area contributed by atoms with Crippen molar-refractivity contribution >= 4 is 28.6 Å². The number of hydrogen-bond acceptors (Lipinski definition) is 5. The van der Waals surface area contributed by atoms with Crippen LogP contribution < -0.4 is 10.5 Å². The van der Waals surface area contributed by atoms with Gasteiger partial charge in [0.2, 0.25) is 0 Å². The van der Waals surface area contributed by atoms with Gasteiger partial charge in [-0.05, 0) is 18.2 Å². The van der Waals surface area contributed by atoms with Gasteiger partial charge in [0.15, 0.2) is 5.75 Å². The predicted molar refractivity (Wildman–Crippen MR) is 82.7 cm³/mol. The Kier molecular flexibility index (Phi) is 5.17. The lowest BCUT2D eigenvalue weighted by molar-refractivity contribution is -0.385. The molecule has 0 unspecified atom stereocenters. The summed E-state index contributed by atoms with van der Waals surface area (Å²) >= 11 is 7.29. The number of nitro groups is 1. The van der Waals surface area contributed by atoms with E-state index < -0.39 is 4.92 Å². The van der Waals surface area contributed by atoms with E-state index in [1.165, 1.54) is 29.5 Å². The summed E-state index contributed by atoms with van der Waals surface area (Å²) < 4.78 is 5.49. The molecule has 1 aromatic heterocycles. The zero-order valence-corrected chi connectivity index (χ0v) is 12.4. The number of thiophene rings is 1. The quantitative estimate of drug-likeness (QED) is 0.532. The van der Waals surface area contributed by atoms with Crippen molar-refractivity contribution in [1.29, 1.82) is 0 Å². The number of halogens is 1. The van der Waals surface area contributed by atoms with Crippen molar-refractivity contribution < 1.29 is 9.66 Å². The average Bonchev–Trinajstić information content (AvgIpc) is 2.90. The lowest BCUT2D eigenvalue weighted by Crippen LogP contribution is -1.97. The molecule has 108 valence electrons. The zero-order valence-electron chi connectivity index (χ0n) is 10.8. The van der Waals surface area contributed by atoms with Gasteiger partial charge in [-0.1, -0.05) is 23.4 Å². The molecule has 21 heavy (non-hydrogen) atoms. The van der Waals surface area contributed by atoms with E-state index in [1.807, 2.05) is 12.1 Å². The summed E-state index contributed by atoms with van der Waals surface area (Å²) in [6, 6.07) is 7.94. The molecule has 0 bridgehead atoms. The third-order valence-electron chi connectivity index (χ3n) is 2.46. The highest BCUT2D eigenvalue weighted by Gasteiger charge is 2.15. The normalized spacial score (nSPS) is 9.81. The number of ether oxygens (including phenoxy) is 1. The van der Waals surface area contributed by atoms with Crippen LogP contribution in [0.1, 0.15) is 9.75 Å². The van der Waals surface area contributed by atoms with Crippen LogP contribution in [0, 0.1) is 22.0 Å². The molecular weight excluding hydrogens is 312 g/mol. The van der Waals surface area contributed by atoms with Gasteiger partial charge in [-0.25, -0.2) is 0 Å². The Hall–Kier alpha value is -2.07. The number of nitrogens with two attached hydrogens (primary N) is 1. The highest BCUT2D eigenvalue weighted by molar-refractivity contribution is 7.12. The van der Waals surface area contributed by atoms with Crippen molar-refractivity contribution in [3.8, 4) is 17.6 Å². The highest BCUT2D eigenvalue weighted by atomic mass is 35.5. The molecule has 5 nitrogen and oxygen atoms in total. The summed E-state index contributed by atoms with van der Waals surface area (Å²) in [6.07, 6.45) is 0. The van der Waals surface area contributed by atoms with Gasteiger partial charge >= 0.3 is 5.69 Å². The van der Waals surface area contributed by atoms with Crippen molar-refractivity contribution in [2.45, 2.75) is 6.61 Å². The summed E-state index contributed by atoms with van der Waals surface area (Å²) in [4.78, 5) is 12.2. The maximum absolute atomic E-state index is 10.9. The Balaban J connectivity index is 2.11. The summed E-state index contributed by atoms with van der Waals surface area (Å²) in [5.41, 5.74) is 5.20. The van der Waals surface area contributed by atoms with Crippen LogP contribution in [0.3, 0.4) is 0 Å². The van der Waals surface area contributed by atoms with Crippen LogP contribution in [0.25, 0.3) is 0 Å². The Morgan fingerprint density at radius 2 is 2.19 bits per heavy atom. The first kappa shape index (κ1) is 15.3. The molecule has 0 fully saturated rings. The molecule has 0 spiro atoms. The minimum absolute atomic E-state index is 0.112. The molecule has 2 aromatic rings. The fraction of sp³-hybridized carbons (Fsp3) is 0.143. The van der Waals surface area contributed by atoms with Crippen LogP contribution in [-0.4, -0.2) is 11.5 Å². The molecule has 0 aliphatic carbocycles. The van der Waals surface area contributed by atoms with E-state index in [2.05, 4.69) is 11.8 Å². The molecule has 0 aliphatic heterocycles. The second-order valence-corrected chi connectivity index (χ2v) is 5.53. The second-order valence-electron chi connectivity index (χ2n) is 3.93. The summed E-state index contributed by atoms with van der Waals surface area (Å²) in [5, 5.41) is 11.3. The third kappa shape index (κ3) is 4.20. The highest BCUT2D eigenvalue weighted by Crippen LogP contribution is 2.31. The van der Waals surface area contributed by atoms with Crippen LogP contribution in [0.4, 0.5) is 5.69 Å². The molecule has 0 saturated heterocycles. The minimum atomic E-state index is -0.502. The molecule has 1 aromatic carbocycles. The first-order chi connectivity index (χ1) is 10.1. The van der Waals surface area contributed by atoms with Crippen molar-refractivity contribution in [2.24, 2.45) is 5.73 Å². The van der Waals surface area contributed by atoms with E-state index >= 15 is 0 Å². The van der Waals surface area contributed by atoms with Crippen LogP contribution >= 0.6 is 22.9 Å². The summed E-state index contributed by atoms with van der Waals surface area (Å²) in [7, 11) is 0. The van der Waals surface area contributed by atoms with Gasteiger partial charge in [0.25, 0.3) is 0 Å². The van der Waals surface area contributed by atoms with Gasteiger partial charge < -0.3 is 10.5 Å². The van der Waals surface area contributed by atoms with Crippen LogP contribution in [0.2, 0.25) is 5.02 Å². The van der Waals surface area contributed by atoms with Crippen LogP contribution in [0.5, 0.6) is 5.75 Å². The van der Waals surface area contributed by atoms with Gasteiger partial charge in [-0.3, -0.25) is 10.1 Å². The Morgan fingerprint density at radius 3 is 2.90 bits per heavy atom. The minimum Gasteiger partial charge on any atom is -0.481 e. The van der Waals surface area contributed by atoms with E-state index in [4.69, 9.17) is 22.1 Å². The molecule has 2 N–H and O–H groups in total. The Bertz CT molecular complexity index is 718. The van der Waals surface area contributed by atoms with E-state index in [0.29, 0.717) is 11.6 Å². The topological polar surface area (TPSA) is 78.4 Å². The van der Waals surface area contributed by atoms with Crippen molar-refractivity contribution in [1.82, 2.24) is 0 Å². The van der Waals surface area contributed by atoms with Gasteiger partial charge in [-0.15, -0.1) is 11.3 Å². The molecule has 7 heteroatoms. The fourth-order valence-corrected chi connectivity index (χ4v) is 2.52.